The van der Waals surface area contributed by atoms with E-state index in [9.17, 15) is 0 Å². The summed E-state index contributed by atoms with van der Waals surface area (Å²) < 4.78 is 7.56. The van der Waals surface area contributed by atoms with Gasteiger partial charge in [0.25, 0.3) is 0 Å². The SMILES string of the molecule is c1ccc2c(c1)sc1c(-n3c4ccccc4c4cc(-c5ccc6c(c5)c5ccccc5n6-c5ccc6c7ccccc7c7ccccc7c6c5)ccc43)cccc12. The van der Waals surface area contributed by atoms with Crippen LogP contribution in [0.15, 0.2) is 194 Å². The molecule has 3 aromatic heterocycles. The first kappa shape index (κ1) is 31.1. The van der Waals surface area contributed by atoms with Gasteiger partial charge in [-0.2, -0.15) is 0 Å². The maximum Gasteiger partial charge on any atom is 0.0640 e. The van der Waals surface area contributed by atoms with Crippen LogP contribution in [-0.2, 0) is 0 Å². The number of aromatic nitrogens is 2. The average Bonchev–Trinajstić information content (AvgIpc) is 3.94. The Bertz CT molecular complexity index is 3780. The van der Waals surface area contributed by atoms with Gasteiger partial charge in [0.15, 0.2) is 0 Å². The Morgan fingerprint density at radius 1 is 0.281 bits per heavy atom. The van der Waals surface area contributed by atoms with Crippen molar-refractivity contribution in [1.82, 2.24) is 9.13 Å². The first-order valence-electron chi connectivity index (χ1n) is 19.6. The van der Waals surface area contributed by atoms with Crippen molar-refractivity contribution in [1.29, 1.82) is 0 Å². The fourth-order valence-electron chi connectivity index (χ4n) is 9.79. The molecule has 57 heavy (non-hydrogen) atoms. The van der Waals surface area contributed by atoms with Crippen LogP contribution in [0.5, 0.6) is 0 Å². The Balaban J connectivity index is 1.00. The molecule has 0 spiro atoms. The van der Waals surface area contributed by atoms with Gasteiger partial charge < -0.3 is 9.13 Å². The van der Waals surface area contributed by atoms with E-state index in [1.807, 2.05) is 11.3 Å². The lowest BCUT2D eigenvalue weighted by molar-refractivity contribution is 1.19. The van der Waals surface area contributed by atoms with Crippen molar-refractivity contribution in [3.05, 3.63) is 194 Å². The maximum atomic E-state index is 2.47. The molecular weight excluding hydrogens is 709 g/mol. The van der Waals surface area contributed by atoms with Gasteiger partial charge in [0.1, 0.15) is 0 Å². The van der Waals surface area contributed by atoms with Crippen LogP contribution in [0.2, 0.25) is 0 Å². The molecule has 0 amide bonds. The first-order valence-corrected chi connectivity index (χ1v) is 20.4. The summed E-state index contributed by atoms with van der Waals surface area (Å²) in [5.41, 5.74) is 9.70. The Kier molecular flexibility index (Phi) is 6.35. The summed E-state index contributed by atoms with van der Waals surface area (Å²) in [5.74, 6) is 0. The molecule has 0 atom stereocenters. The van der Waals surface area contributed by atoms with Gasteiger partial charge in [-0.15, -0.1) is 11.3 Å². The van der Waals surface area contributed by atoms with E-state index >= 15 is 0 Å². The molecule has 3 heterocycles. The van der Waals surface area contributed by atoms with E-state index in [1.54, 1.807) is 0 Å². The van der Waals surface area contributed by atoms with Crippen LogP contribution in [0.3, 0.4) is 0 Å². The number of thiophene rings is 1. The van der Waals surface area contributed by atoms with Gasteiger partial charge in [0, 0.05) is 42.7 Å². The van der Waals surface area contributed by atoms with Gasteiger partial charge in [-0.05, 0) is 104 Å². The van der Waals surface area contributed by atoms with E-state index in [0.717, 1.165) is 0 Å². The van der Waals surface area contributed by atoms with E-state index in [4.69, 9.17) is 0 Å². The quantitative estimate of drug-likeness (QED) is 0.160. The van der Waals surface area contributed by atoms with Crippen molar-refractivity contribution in [2.24, 2.45) is 0 Å². The minimum Gasteiger partial charge on any atom is -0.309 e. The largest absolute Gasteiger partial charge is 0.309 e. The molecule has 0 radical (unpaired) electrons. The van der Waals surface area contributed by atoms with Crippen molar-refractivity contribution in [3.63, 3.8) is 0 Å². The second kappa shape index (κ2) is 11.7. The first-order chi connectivity index (χ1) is 28.3. The number of para-hydroxylation sites is 2. The zero-order valence-electron chi connectivity index (χ0n) is 30.8. The average molecular weight is 741 g/mol. The monoisotopic (exact) mass is 740 g/mol. The topological polar surface area (TPSA) is 9.86 Å². The number of benzene rings is 10. The molecule has 0 saturated carbocycles. The van der Waals surface area contributed by atoms with E-state index in [-0.39, 0.29) is 0 Å². The zero-order chi connectivity index (χ0) is 37.2. The number of nitrogens with zero attached hydrogens (tertiary/aromatic N) is 2. The van der Waals surface area contributed by atoms with Gasteiger partial charge in [-0.25, -0.2) is 0 Å². The molecule has 2 nitrogen and oxygen atoms in total. The van der Waals surface area contributed by atoms with Crippen LogP contribution >= 0.6 is 11.3 Å². The van der Waals surface area contributed by atoms with Crippen molar-refractivity contribution in [2.45, 2.75) is 0 Å². The molecule has 0 fully saturated rings. The number of hydrogen-bond donors (Lipinski definition) is 0. The third-order valence-electron chi connectivity index (χ3n) is 12.3. The molecule has 0 N–H and O–H groups in total. The molecular formula is C54H32N2S. The van der Waals surface area contributed by atoms with Gasteiger partial charge in [0.05, 0.1) is 32.5 Å². The summed E-state index contributed by atoms with van der Waals surface area (Å²) in [6.45, 7) is 0. The van der Waals surface area contributed by atoms with Crippen LogP contribution in [0.4, 0.5) is 0 Å². The third-order valence-corrected chi connectivity index (χ3v) is 13.5. The maximum absolute atomic E-state index is 2.47. The minimum absolute atomic E-state index is 1.17. The highest BCUT2D eigenvalue weighted by atomic mass is 32.1. The van der Waals surface area contributed by atoms with Gasteiger partial charge in [0.2, 0.25) is 0 Å². The predicted molar refractivity (Wildman–Crippen MR) is 246 cm³/mol. The minimum atomic E-state index is 1.17. The van der Waals surface area contributed by atoms with Crippen molar-refractivity contribution < 1.29 is 0 Å². The van der Waals surface area contributed by atoms with Crippen LogP contribution < -0.4 is 0 Å². The van der Waals surface area contributed by atoms with Crippen LogP contribution in [0.1, 0.15) is 0 Å². The molecule has 3 heteroatoms. The highest BCUT2D eigenvalue weighted by molar-refractivity contribution is 7.26. The lowest BCUT2D eigenvalue weighted by Crippen LogP contribution is -1.94. The Hall–Kier alpha value is -7.20. The summed E-state index contributed by atoms with van der Waals surface area (Å²) in [5, 5.41) is 15.4. The molecule has 0 aliphatic rings. The van der Waals surface area contributed by atoms with Gasteiger partial charge in [-0.1, -0.05) is 133 Å². The summed E-state index contributed by atoms with van der Waals surface area (Å²) >= 11 is 1.88. The number of rotatable bonds is 3. The summed E-state index contributed by atoms with van der Waals surface area (Å²) in [7, 11) is 0. The predicted octanol–water partition coefficient (Wildman–Crippen LogP) is 15.4. The third kappa shape index (κ3) is 4.35. The Morgan fingerprint density at radius 2 is 0.754 bits per heavy atom. The molecule has 0 aliphatic heterocycles. The summed E-state index contributed by atoms with van der Waals surface area (Å²) in [6.07, 6.45) is 0. The summed E-state index contributed by atoms with van der Waals surface area (Å²) in [4.78, 5) is 0. The fourth-order valence-corrected chi connectivity index (χ4v) is 11.0. The van der Waals surface area contributed by atoms with Crippen LogP contribution in [0, 0.1) is 0 Å². The second-order valence-corrected chi connectivity index (χ2v) is 16.3. The van der Waals surface area contributed by atoms with Gasteiger partial charge in [-0.3, -0.25) is 0 Å². The fraction of sp³-hybridized carbons (Fsp3) is 0. The smallest absolute Gasteiger partial charge is 0.0640 e. The highest BCUT2D eigenvalue weighted by Gasteiger charge is 2.19. The molecule has 13 rings (SSSR count). The van der Waals surface area contributed by atoms with Crippen molar-refractivity contribution >= 4 is 107 Å². The van der Waals surface area contributed by atoms with Gasteiger partial charge >= 0.3 is 0 Å². The molecule has 0 aliphatic carbocycles. The van der Waals surface area contributed by atoms with E-state index in [1.165, 1.54) is 119 Å². The Labute approximate surface area is 331 Å². The lowest BCUT2D eigenvalue weighted by Gasteiger charge is -2.14. The molecule has 13 aromatic rings. The van der Waals surface area contributed by atoms with E-state index in [0.29, 0.717) is 0 Å². The molecule has 0 unspecified atom stereocenters. The van der Waals surface area contributed by atoms with Crippen LogP contribution in [-0.4, -0.2) is 9.13 Å². The Morgan fingerprint density at radius 3 is 1.40 bits per heavy atom. The zero-order valence-corrected chi connectivity index (χ0v) is 31.6. The lowest BCUT2D eigenvalue weighted by atomic mass is 9.94. The second-order valence-electron chi connectivity index (χ2n) is 15.2. The number of fused-ring (bicyclic) bond motifs is 15. The number of hydrogen-bond acceptors (Lipinski definition) is 1. The molecule has 0 saturated heterocycles. The van der Waals surface area contributed by atoms with E-state index in [2.05, 4.69) is 203 Å². The summed E-state index contributed by atoms with van der Waals surface area (Å²) in [6, 6.07) is 71.9. The van der Waals surface area contributed by atoms with Crippen molar-refractivity contribution in [2.75, 3.05) is 0 Å². The molecule has 10 aromatic carbocycles. The highest BCUT2D eigenvalue weighted by Crippen LogP contribution is 2.43. The standard InChI is InChI=1S/C54H32N2S/c1-2-14-38-36(12-1)37-13-3-4-15-39(37)45-32-35(26-27-40(38)45)55-48-20-8-5-16-41(48)46-30-33(24-28-50(46)55)34-25-29-51-47(31-34)42-17-6-9-21-49(42)56(51)52-22-11-19-44-43-18-7-10-23-53(43)57-54(44)52/h1-32H. The van der Waals surface area contributed by atoms with Crippen molar-refractivity contribution in [3.8, 4) is 22.5 Å². The normalized spacial score (nSPS) is 12.2. The van der Waals surface area contributed by atoms with Crippen LogP contribution in [0.25, 0.3) is 119 Å². The van der Waals surface area contributed by atoms with E-state index < -0.39 is 0 Å². The molecule has 264 valence electrons. The molecule has 0 bridgehead atoms.